The number of imidazole rings is 2. The lowest BCUT2D eigenvalue weighted by atomic mass is 9.99. The Morgan fingerprint density at radius 3 is 1.16 bits per heavy atom. The molecule has 4 heterocycles. The summed E-state index contributed by atoms with van der Waals surface area (Å²) in [5, 5.41) is 4.10. The molecule has 74 heavy (non-hydrogen) atoms. The minimum absolute atomic E-state index is 0.253. The van der Waals surface area contributed by atoms with Gasteiger partial charge in [-0.15, -0.1) is 0 Å². The molecule has 2 fully saturated rings. The van der Waals surface area contributed by atoms with E-state index in [1.165, 1.54) is 0 Å². The van der Waals surface area contributed by atoms with E-state index < -0.39 is 9.49 Å². The third-order valence-electron chi connectivity index (χ3n) is 13.2. The van der Waals surface area contributed by atoms with E-state index in [1.54, 1.807) is 13.8 Å². The van der Waals surface area contributed by atoms with Crippen molar-refractivity contribution in [1.82, 2.24) is 29.7 Å². The van der Waals surface area contributed by atoms with Crippen molar-refractivity contribution in [3.8, 4) is 34.5 Å². The Labute approximate surface area is 436 Å². The zero-order valence-electron chi connectivity index (χ0n) is 42.2. The fourth-order valence-electron chi connectivity index (χ4n) is 8.80. The number of benzene rings is 6. The summed E-state index contributed by atoms with van der Waals surface area (Å²) in [5.74, 6) is 5.35. The molecule has 2 aliphatic rings. The zero-order valence-corrected chi connectivity index (χ0v) is 43.9. The molecular formula is C56H56N8O8S2. The number of rotatable bonds is 14. The van der Waals surface area contributed by atoms with Crippen molar-refractivity contribution in [2.45, 2.75) is 77.1 Å². The van der Waals surface area contributed by atoms with E-state index in [0.717, 1.165) is 113 Å². The molecule has 8 aromatic rings. The van der Waals surface area contributed by atoms with Crippen LogP contribution >= 0.6 is 23.5 Å². The van der Waals surface area contributed by atoms with Gasteiger partial charge in [0.2, 0.25) is 11.8 Å². The predicted molar refractivity (Wildman–Crippen MR) is 290 cm³/mol. The van der Waals surface area contributed by atoms with Crippen molar-refractivity contribution in [3.63, 3.8) is 0 Å². The maximum absolute atomic E-state index is 12.1. The number of thioether (sulfide) groups is 2. The second kappa shape index (κ2) is 20.5. The molecule has 2 aliphatic heterocycles. The van der Waals surface area contributed by atoms with Crippen molar-refractivity contribution >= 4 is 79.3 Å². The molecule has 0 unspecified atom stereocenters. The van der Waals surface area contributed by atoms with E-state index in [0.29, 0.717) is 49.1 Å². The Bertz CT molecular complexity index is 3240. The van der Waals surface area contributed by atoms with Gasteiger partial charge in [-0.3, -0.25) is 29.8 Å². The number of carbonyl (C=O) groups excluding carboxylic acids is 4. The Hall–Kier alpha value is -7.96. The molecule has 380 valence electrons. The van der Waals surface area contributed by atoms with Gasteiger partial charge < -0.3 is 39.5 Å². The van der Waals surface area contributed by atoms with Gasteiger partial charge in [0.05, 0.1) is 22.1 Å². The minimum Gasteiger partial charge on any atom is -0.486 e. The summed E-state index contributed by atoms with van der Waals surface area (Å²) >= 11 is 2.07. The number of aromatic nitrogens is 4. The number of nitrogen functional groups attached to an aromatic ring is 2. The molecular weight excluding hydrogens is 977 g/mol. The van der Waals surface area contributed by atoms with E-state index in [9.17, 15) is 19.2 Å². The first kappa shape index (κ1) is 51.0. The fourth-order valence-corrected chi connectivity index (χ4v) is 10.7. The maximum Gasteiger partial charge on any atom is 0.286 e. The number of nitrogens with one attached hydrogen (secondary N) is 2. The molecule has 2 aromatic heterocycles. The third-order valence-corrected chi connectivity index (χ3v) is 15.3. The van der Waals surface area contributed by atoms with Crippen molar-refractivity contribution in [3.05, 3.63) is 154 Å². The normalized spacial score (nSPS) is 17.3. The van der Waals surface area contributed by atoms with E-state index in [2.05, 4.69) is 10.6 Å². The molecule has 16 nitrogen and oxygen atoms in total. The zero-order chi connectivity index (χ0) is 52.6. The van der Waals surface area contributed by atoms with Crippen molar-refractivity contribution in [2.24, 2.45) is 14.1 Å². The molecule has 2 atom stereocenters. The highest BCUT2D eigenvalue weighted by molar-refractivity contribution is 8.16. The quantitative estimate of drug-likeness (QED) is 0.0746. The van der Waals surface area contributed by atoms with Crippen LogP contribution in [0, 0.1) is 27.7 Å². The second-order valence-electron chi connectivity index (χ2n) is 19.0. The first-order valence-corrected chi connectivity index (χ1v) is 25.4. The van der Waals surface area contributed by atoms with Crippen LogP contribution in [0.1, 0.15) is 58.9 Å². The maximum atomic E-state index is 12.1. The number of amides is 4. The van der Waals surface area contributed by atoms with Gasteiger partial charge in [-0.25, -0.2) is 9.97 Å². The molecule has 6 N–H and O–H groups in total. The molecule has 0 spiro atoms. The number of aryl methyl sites for hydroxylation is 6. The van der Waals surface area contributed by atoms with Gasteiger partial charge in [0, 0.05) is 37.6 Å². The summed E-state index contributed by atoms with van der Waals surface area (Å²) in [5.41, 5.74) is 23.1. The van der Waals surface area contributed by atoms with Gasteiger partial charge in [-0.2, -0.15) is 0 Å². The molecule has 0 bridgehead atoms. The van der Waals surface area contributed by atoms with Crippen LogP contribution in [0.2, 0.25) is 0 Å². The van der Waals surface area contributed by atoms with Crippen LogP contribution in [0.4, 0.5) is 21.0 Å². The smallest absolute Gasteiger partial charge is 0.286 e. The topological polar surface area (TPSA) is 217 Å². The van der Waals surface area contributed by atoms with Crippen LogP contribution in [-0.2, 0) is 49.7 Å². The van der Waals surface area contributed by atoms with Gasteiger partial charge in [0.15, 0.2) is 0 Å². The summed E-state index contributed by atoms with van der Waals surface area (Å²) in [6, 6.07) is 34.4. The lowest BCUT2D eigenvalue weighted by Gasteiger charge is -2.18. The van der Waals surface area contributed by atoms with Crippen LogP contribution < -0.4 is 41.0 Å². The lowest BCUT2D eigenvalue weighted by Crippen LogP contribution is -2.35. The minimum atomic E-state index is -0.791. The molecule has 0 radical (unpaired) electrons. The number of hydrogen-bond acceptors (Lipinski definition) is 14. The van der Waals surface area contributed by atoms with Gasteiger partial charge in [-0.05, 0) is 184 Å². The molecule has 0 aliphatic carbocycles. The summed E-state index contributed by atoms with van der Waals surface area (Å²) in [6.45, 7) is 12.0. The number of ether oxygens (including phenoxy) is 4. The lowest BCUT2D eigenvalue weighted by molar-refractivity contribution is -0.122. The molecule has 10 rings (SSSR count). The monoisotopic (exact) mass is 1030 g/mol. The number of nitrogens with two attached hydrogens (primary N) is 2. The number of imide groups is 2. The highest BCUT2D eigenvalue weighted by atomic mass is 32.2. The van der Waals surface area contributed by atoms with Crippen LogP contribution in [0.15, 0.2) is 109 Å². The van der Waals surface area contributed by atoms with E-state index in [-0.39, 0.29) is 22.3 Å². The molecule has 2 saturated heterocycles. The first-order chi connectivity index (χ1) is 35.2. The number of nitrogens with zero attached hydrogens (tertiary/aromatic N) is 4. The molecule has 6 aromatic carbocycles. The fraction of sp³-hybridized carbons (Fsp3) is 0.250. The van der Waals surface area contributed by atoms with Gasteiger partial charge in [0.1, 0.15) is 68.9 Å². The van der Waals surface area contributed by atoms with E-state index in [4.69, 9.17) is 40.4 Å². The molecule has 4 amide bonds. The summed E-state index contributed by atoms with van der Waals surface area (Å²) in [6.07, 6.45) is 0.917. The standard InChI is InChI=1S/2C28H28N4O4S/c2*1-16-11-21(12-17(2)25(16)29)36-20-9-10-22-23(13-20)32(4)24(30-22)15-35-19-7-5-18(6-8-19)14-28(3)26(33)31-27(34)37-28/h2*5-13H,14-15,29H2,1-4H3,(H,31,33,34)/t2*28-/m10/s1. The van der Waals surface area contributed by atoms with Crippen molar-refractivity contribution < 1.29 is 38.1 Å². The van der Waals surface area contributed by atoms with Crippen LogP contribution in [0.5, 0.6) is 34.5 Å². The average Bonchev–Trinajstić information content (AvgIpc) is 4.02. The molecule has 0 saturated carbocycles. The van der Waals surface area contributed by atoms with Crippen LogP contribution in [0.25, 0.3) is 22.1 Å². The van der Waals surface area contributed by atoms with Gasteiger partial charge in [0.25, 0.3) is 10.5 Å². The van der Waals surface area contributed by atoms with E-state index in [1.807, 2.05) is 160 Å². The number of hydrogen-bond donors (Lipinski definition) is 4. The van der Waals surface area contributed by atoms with Crippen molar-refractivity contribution in [1.29, 1.82) is 0 Å². The van der Waals surface area contributed by atoms with Gasteiger partial charge >= 0.3 is 0 Å². The third kappa shape index (κ3) is 11.0. The Morgan fingerprint density at radius 2 is 0.838 bits per heavy atom. The number of fused-ring (bicyclic) bond motifs is 2. The SMILES string of the molecule is Cc1cc(Oc2ccc3nc(COc4ccc(C[C@@]5(C)SC(=O)NC5=O)cc4)n(C)c3c2)cc(C)c1N.Cc1cc(Oc2ccc3nc(COc4ccc(C[C@]5(C)SC(=O)NC5=O)cc4)n(C)c3c2)cc(C)c1N. The van der Waals surface area contributed by atoms with Gasteiger partial charge in [-0.1, -0.05) is 24.3 Å². The summed E-state index contributed by atoms with van der Waals surface area (Å²) in [7, 11) is 3.90. The largest absolute Gasteiger partial charge is 0.486 e. The van der Waals surface area contributed by atoms with Crippen LogP contribution in [0.3, 0.4) is 0 Å². The number of anilines is 2. The van der Waals surface area contributed by atoms with E-state index >= 15 is 0 Å². The Kier molecular flexibility index (Phi) is 14.1. The predicted octanol–water partition coefficient (Wildman–Crippen LogP) is 10.9. The number of carbonyl (C=O) groups is 4. The second-order valence-corrected chi connectivity index (χ2v) is 21.9. The van der Waals surface area contributed by atoms with Crippen LogP contribution in [-0.4, -0.2) is 50.9 Å². The highest BCUT2D eigenvalue weighted by Gasteiger charge is 2.44. The Morgan fingerprint density at radius 1 is 0.500 bits per heavy atom. The highest BCUT2D eigenvalue weighted by Crippen LogP contribution is 2.37. The molecule has 18 heteroatoms. The Balaban J connectivity index is 0.000000182. The summed E-state index contributed by atoms with van der Waals surface area (Å²) < 4.78 is 26.6. The average molecular weight is 1030 g/mol. The first-order valence-electron chi connectivity index (χ1n) is 23.7. The summed E-state index contributed by atoms with van der Waals surface area (Å²) in [4.78, 5) is 56.7. The van der Waals surface area contributed by atoms with Crippen molar-refractivity contribution in [2.75, 3.05) is 11.5 Å².